The van der Waals surface area contributed by atoms with Crippen molar-refractivity contribution in [2.24, 2.45) is 5.73 Å². The summed E-state index contributed by atoms with van der Waals surface area (Å²) in [5.41, 5.74) is 6.67. The van der Waals surface area contributed by atoms with Crippen molar-refractivity contribution in [2.45, 2.75) is 13.0 Å². The quantitative estimate of drug-likeness (QED) is 0.828. The van der Waals surface area contributed by atoms with E-state index in [1.54, 1.807) is 13.0 Å². The second-order valence-corrected chi connectivity index (χ2v) is 3.57. The molecule has 15 heavy (non-hydrogen) atoms. The first-order valence-electron chi connectivity index (χ1n) is 4.29. The lowest BCUT2D eigenvalue weighted by Crippen LogP contribution is -2.21. The van der Waals surface area contributed by atoms with E-state index in [4.69, 9.17) is 27.2 Å². The Labute approximate surface area is 92.6 Å². The van der Waals surface area contributed by atoms with Crippen LogP contribution in [0.25, 0.3) is 0 Å². The molecule has 0 aliphatic carbocycles. The molecule has 0 aliphatic heterocycles. The normalized spacial score (nSPS) is 12.3. The number of methoxy groups -OCH3 is 1. The van der Waals surface area contributed by atoms with Crippen molar-refractivity contribution in [2.75, 3.05) is 7.11 Å². The maximum atomic E-state index is 10.8. The SMILES string of the molecule is COc1cc(Cl)cc(C(N)C(=O)O)c1C. The Morgan fingerprint density at radius 2 is 2.20 bits per heavy atom. The summed E-state index contributed by atoms with van der Waals surface area (Å²) in [6.45, 7) is 1.74. The summed E-state index contributed by atoms with van der Waals surface area (Å²) in [5, 5.41) is 9.21. The molecule has 0 aliphatic rings. The lowest BCUT2D eigenvalue weighted by atomic mass is 10.0. The number of hydrogen-bond donors (Lipinski definition) is 2. The van der Waals surface area contributed by atoms with E-state index in [1.807, 2.05) is 0 Å². The molecule has 3 N–H and O–H groups in total. The lowest BCUT2D eigenvalue weighted by Gasteiger charge is -2.14. The fourth-order valence-electron chi connectivity index (χ4n) is 1.34. The largest absolute Gasteiger partial charge is 0.496 e. The number of benzene rings is 1. The molecule has 0 saturated carbocycles. The van der Waals surface area contributed by atoms with Gasteiger partial charge in [-0.1, -0.05) is 11.6 Å². The van der Waals surface area contributed by atoms with Crippen molar-refractivity contribution in [3.8, 4) is 5.75 Å². The first kappa shape index (κ1) is 11.8. The molecule has 1 aromatic rings. The number of carboxylic acid groups (broad SMARTS) is 1. The number of hydrogen-bond acceptors (Lipinski definition) is 3. The fourth-order valence-corrected chi connectivity index (χ4v) is 1.56. The van der Waals surface area contributed by atoms with Gasteiger partial charge in [-0.2, -0.15) is 0 Å². The summed E-state index contributed by atoms with van der Waals surface area (Å²) >= 11 is 5.82. The minimum atomic E-state index is -1.09. The molecular formula is C10H12ClNO3. The van der Waals surface area contributed by atoms with E-state index in [-0.39, 0.29) is 0 Å². The number of carboxylic acids is 1. The van der Waals surface area contributed by atoms with Crippen molar-refractivity contribution < 1.29 is 14.6 Å². The highest BCUT2D eigenvalue weighted by Crippen LogP contribution is 2.29. The van der Waals surface area contributed by atoms with Crippen molar-refractivity contribution >= 4 is 17.6 Å². The van der Waals surface area contributed by atoms with Crippen LogP contribution in [-0.4, -0.2) is 18.2 Å². The van der Waals surface area contributed by atoms with Crippen LogP contribution in [0.3, 0.4) is 0 Å². The van der Waals surface area contributed by atoms with E-state index in [2.05, 4.69) is 0 Å². The van der Waals surface area contributed by atoms with Gasteiger partial charge in [-0.25, -0.2) is 0 Å². The molecule has 0 amide bonds. The second-order valence-electron chi connectivity index (χ2n) is 3.14. The average Bonchev–Trinajstić information content (AvgIpc) is 2.19. The zero-order valence-electron chi connectivity index (χ0n) is 8.45. The molecule has 1 aromatic carbocycles. The third-order valence-corrected chi connectivity index (χ3v) is 2.40. The summed E-state index contributed by atoms with van der Waals surface area (Å²) in [6.07, 6.45) is 0. The van der Waals surface area contributed by atoms with Gasteiger partial charge in [-0.15, -0.1) is 0 Å². The van der Waals surface area contributed by atoms with Gasteiger partial charge in [0.1, 0.15) is 11.8 Å². The molecule has 0 saturated heterocycles. The highest BCUT2D eigenvalue weighted by molar-refractivity contribution is 6.30. The van der Waals surface area contributed by atoms with Crippen LogP contribution < -0.4 is 10.5 Å². The zero-order valence-corrected chi connectivity index (χ0v) is 9.21. The highest BCUT2D eigenvalue weighted by atomic mass is 35.5. The van der Waals surface area contributed by atoms with Gasteiger partial charge in [0.15, 0.2) is 0 Å². The minimum absolute atomic E-state index is 0.407. The van der Waals surface area contributed by atoms with Crippen LogP contribution in [0.15, 0.2) is 12.1 Å². The van der Waals surface area contributed by atoms with Crippen LogP contribution in [0.2, 0.25) is 5.02 Å². The summed E-state index contributed by atoms with van der Waals surface area (Å²) in [5.74, 6) is -0.559. The van der Waals surface area contributed by atoms with Crippen LogP contribution in [0.4, 0.5) is 0 Å². The summed E-state index contributed by atoms with van der Waals surface area (Å²) in [6, 6.07) is 2.07. The molecular weight excluding hydrogens is 218 g/mol. The molecule has 0 fully saturated rings. The first-order valence-corrected chi connectivity index (χ1v) is 4.67. The molecule has 82 valence electrons. The summed E-state index contributed by atoms with van der Waals surface area (Å²) in [4.78, 5) is 10.8. The molecule has 4 nitrogen and oxygen atoms in total. The average molecular weight is 230 g/mol. The summed E-state index contributed by atoms with van der Waals surface area (Å²) in [7, 11) is 1.49. The van der Waals surface area contributed by atoms with Gasteiger partial charge in [-0.3, -0.25) is 4.79 Å². The number of nitrogens with two attached hydrogens (primary N) is 1. The topological polar surface area (TPSA) is 72.5 Å². The minimum Gasteiger partial charge on any atom is -0.496 e. The highest BCUT2D eigenvalue weighted by Gasteiger charge is 2.19. The van der Waals surface area contributed by atoms with E-state index in [0.29, 0.717) is 21.9 Å². The Kier molecular flexibility index (Phi) is 3.55. The van der Waals surface area contributed by atoms with Gasteiger partial charge in [0.2, 0.25) is 0 Å². The number of halogens is 1. The Bertz CT molecular complexity index is 392. The van der Waals surface area contributed by atoms with Crippen LogP contribution in [0.1, 0.15) is 17.2 Å². The van der Waals surface area contributed by atoms with Crippen molar-refractivity contribution in [1.82, 2.24) is 0 Å². The molecule has 0 aromatic heterocycles. The monoisotopic (exact) mass is 229 g/mol. The Morgan fingerprint density at radius 3 is 2.67 bits per heavy atom. The number of carbonyl (C=O) groups is 1. The molecule has 0 spiro atoms. The van der Waals surface area contributed by atoms with Gasteiger partial charge in [0.25, 0.3) is 0 Å². The lowest BCUT2D eigenvalue weighted by molar-refractivity contribution is -0.138. The van der Waals surface area contributed by atoms with E-state index in [1.165, 1.54) is 13.2 Å². The van der Waals surface area contributed by atoms with Crippen LogP contribution in [0, 0.1) is 6.92 Å². The smallest absolute Gasteiger partial charge is 0.325 e. The van der Waals surface area contributed by atoms with Crippen molar-refractivity contribution in [1.29, 1.82) is 0 Å². The third kappa shape index (κ3) is 2.40. The maximum absolute atomic E-state index is 10.8. The number of aliphatic carboxylic acids is 1. The molecule has 1 atom stereocenters. The predicted octanol–water partition coefficient (Wildman–Crippen LogP) is 1.74. The molecule has 1 unspecified atom stereocenters. The van der Waals surface area contributed by atoms with Crippen molar-refractivity contribution in [3.63, 3.8) is 0 Å². The van der Waals surface area contributed by atoms with Crippen LogP contribution in [0.5, 0.6) is 5.75 Å². The Morgan fingerprint density at radius 1 is 1.60 bits per heavy atom. The molecule has 5 heteroatoms. The fraction of sp³-hybridized carbons (Fsp3) is 0.300. The molecule has 1 rings (SSSR count). The van der Waals surface area contributed by atoms with Crippen LogP contribution >= 0.6 is 11.6 Å². The number of ether oxygens (including phenoxy) is 1. The van der Waals surface area contributed by atoms with Gasteiger partial charge in [0, 0.05) is 5.02 Å². The van der Waals surface area contributed by atoms with Gasteiger partial charge in [-0.05, 0) is 30.2 Å². The number of rotatable bonds is 3. The van der Waals surface area contributed by atoms with E-state index in [0.717, 1.165) is 0 Å². The molecule has 0 heterocycles. The maximum Gasteiger partial charge on any atom is 0.325 e. The predicted molar refractivity (Wildman–Crippen MR) is 57.3 cm³/mol. The Balaban J connectivity index is 3.28. The van der Waals surface area contributed by atoms with Gasteiger partial charge >= 0.3 is 5.97 Å². The van der Waals surface area contributed by atoms with Gasteiger partial charge < -0.3 is 15.6 Å². The molecule has 0 bridgehead atoms. The van der Waals surface area contributed by atoms with Crippen LogP contribution in [-0.2, 0) is 4.79 Å². The standard InChI is InChI=1S/C10H12ClNO3/c1-5-7(9(12)10(13)14)3-6(11)4-8(5)15-2/h3-4,9H,12H2,1-2H3,(H,13,14). The third-order valence-electron chi connectivity index (χ3n) is 2.19. The second kappa shape index (κ2) is 4.51. The van der Waals surface area contributed by atoms with E-state index in [9.17, 15) is 4.79 Å². The molecule has 0 radical (unpaired) electrons. The van der Waals surface area contributed by atoms with Gasteiger partial charge in [0.05, 0.1) is 7.11 Å². The van der Waals surface area contributed by atoms with E-state index < -0.39 is 12.0 Å². The summed E-state index contributed by atoms with van der Waals surface area (Å²) < 4.78 is 5.06. The zero-order chi connectivity index (χ0) is 11.6. The van der Waals surface area contributed by atoms with E-state index >= 15 is 0 Å². The Hall–Kier alpha value is -1.26. The van der Waals surface area contributed by atoms with Crippen molar-refractivity contribution in [3.05, 3.63) is 28.3 Å². The first-order chi connectivity index (χ1) is 6.97.